The maximum atomic E-state index is 8.58. The first kappa shape index (κ1) is 7.08. The number of allylic oxidation sites excluding steroid dienone is 4. The Morgan fingerprint density at radius 2 is 2.60 bits per heavy atom. The first-order valence-corrected chi connectivity index (χ1v) is 3.63. The van der Waals surface area contributed by atoms with Crippen molar-refractivity contribution in [3.63, 3.8) is 0 Å². The topological polar surface area (TPSA) is 23.8 Å². The molecule has 0 radical (unpaired) electrons. The van der Waals surface area contributed by atoms with Gasteiger partial charge in [0.15, 0.2) is 0 Å². The molecule has 1 atom stereocenters. The van der Waals surface area contributed by atoms with Crippen molar-refractivity contribution in [2.75, 3.05) is 0 Å². The Morgan fingerprint density at radius 1 is 1.80 bits per heavy atom. The minimum absolute atomic E-state index is 0.125. The van der Waals surface area contributed by atoms with Crippen LogP contribution in [0.1, 0.15) is 19.8 Å². The van der Waals surface area contributed by atoms with Crippen molar-refractivity contribution in [2.24, 2.45) is 5.92 Å². The molecule has 0 aromatic heterocycles. The summed E-state index contributed by atoms with van der Waals surface area (Å²) in [5.41, 5.74) is 1.29. The molecule has 0 saturated carbocycles. The van der Waals surface area contributed by atoms with Crippen LogP contribution < -0.4 is 0 Å². The van der Waals surface area contributed by atoms with Gasteiger partial charge in [0.25, 0.3) is 0 Å². The Morgan fingerprint density at radius 3 is 3.20 bits per heavy atom. The maximum absolute atomic E-state index is 8.58. The summed E-state index contributed by atoms with van der Waals surface area (Å²) in [6, 6.07) is 2.24. The molecule has 0 heterocycles. The van der Waals surface area contributed by atoms with E-state index in [4.69, 9.17) is 5.26 Å². The summed E-state index contributed by atoms with van der Waals surface area (Å²) in [6.07, 6.45) is 8.16. The molecule has 0 aromatic rings. The average molecular weight is 133 g/mol. The van der Waals surface area contributed by atoms with Gasteiger partial charge in [-0.15, -0.1) is 0 Å². The van der Waals surface area contributed by atoms with Crippen molar-refractivity contribution in [3.05, 3.63) is 23.8 Å². The molecule has 0 bridgehead atoms. The highest BCUT2D eigenvalue weighted by atomic mass is 14.3. The standard InChI is InChI=1S/C9H11N/c1-2-8-4-3-5-9(6-8)7-10/h3-4,6,9H,2,5H2,1H3. The predicted octanol–water partition coefficient (Wildman–Crippen LogP) is 2.42. The minimum atomic E-state index is 0.125. The van der Waals surface area contributed by atoms with Crippen molar-refractivity contribution >= 4 is 0 Å². The molecule has 1 unspecified atom stereocenters. The van der Waals surface area contributed by atoms with Gasteiger partial charge in [-0.2, -0.15) is 5.26 Å². The van der Waals surface area contributed by atoms with E-state index in [0.29, 0.717) is 0 Å². The Bertz CT molecular complexity index is 205. The fraction of sp³-hybridized carbons (Fsp3) is 0.444. The molecule has 1 heteroatoms. The van der Waals surface area contributed by atoms with Crippen LogP contribution in [0.5, 0.6) is 0 Å². The van der Waals surface area contributed by atoms with E-state index >= 15 is 0 Å². The highest BCUT2D eigenvalue weighted by Gasteiger charge is 2.05. The highest BCUT2D eigenvalue weighted by molar-refractivity contribution is 5.26. The molecule has 0 N–H and O–H groups in total. The summed E-state index contributed by atoms with van der Waals surface area (Å²) in [5.74, 6) is 0.125. The van der Waals surface area contributed by atoms with Crippen molar-refractivity contribution in [2.45, 2.75) is 19.8 Å². The molecule has 1 rings (SSSR count). The van der Waals surface area contributed by atoms with Gasteiger partial charge < -0.3 is 0 Å². The zero-order chi connectivity index (χ0) is 7.40. The Labute approximate surface area is 61.7 Å². The van der Waals surface area contributed by atoms with Crippen LogP contribution in [0.25, 0.3) is 0 Å². The fourth-order valence-electron chi connectivity index (χ4n) is 1.07. The van der Waals surface area contributed by atoms with E-state index in [2.05, 4.69) is 31.2 Å². The smallest absolute Gasteiger partial charge is 0.0700 e. The predicted molar refractivity (Wildman–Crippen MR) is 41.2 cm³/mol. The lowest BCUT2D eigenvalue weighted by atomic mass is 9.96. The van der Waals surface area contributed by atoms with Crippen molar-refractivity contribution in [1.82, 2.24) is 0 Å². The molecule has 1 aliphatic carbocycles. The molecule has 1 aliphatic rings. The van der Waals surface area contributed by atoms with Crippen LogP contribution in [-0.2, 0) is 0 Å². The SMILES string of the molecule is CCC1=CC(C#N)CC=C1. The molecule has 0 fully saturated rings. The lowest BCUT2D eigenvalue weighted by Gasteiger charge is -2.07. The van der Waals surface area contributed by atoms with Crippen LogP contribution >= 0.6 is 0 Å². The van der Waals surface area contributed by atoms with E-state index in [1.54, 1.807) is 0 Å². The van der Waals surface area contributed by atoms with Gasteiger partial charge in [0.1, 0.15) is 0 Å². The first-order valence-electron chi connectivity index (χ1n) is 3.63. The monoisotopic (exact) mass is 133 g/mol. The number of nitriles is 1. The number of nitrogens with zero attached hydrogens (tertiary/aromatic N) is 1. The van der Waals surface area contributed by atoms with E-state index in [1.807, 2.05) is 0 Å². The van der Waals surface area contributed by atoms with Gasteiger partial charge >= 0.3 is 0 Å². The second-order valence-corrected chi connectivity index (χ2v) is 2.47. The molecule has 10 heavy (non-hydrogen) atoms. The first-order chi connectivity index (χ1) is 4.86. The Kier molecular flexibility index (Phi) is 2.28. The average Bonchev–Trinajstić information content (AvgIpc) is 2.05. The van der Waals surface area contributed by atoms with Crippen molar-refractivity contribution in [3.8, 4) is 6.07 Å². The van der Waals surface area contributed by atoms with E-state index in [-0.39, 0.29) is 5.92 Å². The number of rotatable bonds is 1. The zero-order valence-corrected chi connectivity index (χ0v) is 6.17. The summed E-state index contributed by atoms with van der Waals surface area (Å²) in [7, 11) is 0. The molecule has 0 aromatic carbocycles. The summed E-state index contributed by atoms with van der Waals surface area (Å²) in [4.78, 5) is 0. The summed E-state index contributed by atoms with van der Waals surface area (Å²) in [6.45, 7) is 2.11. The Balaban J connectivity index is 2.67. The Hall–Kier alpha value is -1.03. The van der Waals surface area contributed by atoms with Crippen LogP contribution in [0.2, 0.25) is 0 Å². The second-order valence-electron chi connectivity index (χ2n) is 2.47. The van der Waals surface area contributed by atoms with E-state index in [0.717, 1.165) is 12.8 Å². The maximum Gasteiger partial charge on any atom is 0.0700 e. The second kappa shape index (κ2) is 3.22. The van der Waals surface area contributed by atoms with Crippen LogP contribution in [0.3, 0.4) is 0 Å². The van der Waals surface area contributed by atoms with E-state index < -0.39 is 0 Å². The zero-order valence-electron chi connectivity index (χ0n) is 6.17. The van der Waals surface area contributed by atoms with Gasteiger partial charge in [0.2, 0.25) is 0 Å². The molecule has 0 aliphatic heterocycles. The fourth-order valence-corrected chi connectivity index (χ4v) is 1.07. The highest BCUT2D eigenvalue weighted by Crippen LogP contribution is 2.17. The summed E-state index contributed by atoms with van der Waals surface area (Å²) in [5, 5.41) is 8.58. The van der Waals surface area contributed by atoms with E-state index in [9.17, 15) is 0 Å². The number of hydrogen-bond donors (Lipinski definition) is 0. The molecule has 0 spiro atoms. The molecule has 0 saturated heterocycles. The molecular weight excluding hydrogens is 122 g/mol. The van der Waals surface area contributed by atoms with Crippen LogP contribution in [0, 0.1) is 17.2 Å². The van der Waals surface area contributed by atoms with Crippen molar-refractivity contribution in [1.29, 1.82) is 5.26 Å². The van der Waals surface area contributed by atoms with Gasteiger partial charge in [-0.25, -0.2) is 0 Å². The van der Waals surface area contributed by atoms with Crippen molar-refractivity contribution < 1.29 is 0 Å². The lowest BCUT2D eigenvalue weighted by Crippen LogP contribution is -1.96. The number of hydrogen-bond acceptors (Lipinski definition) is 1. The van der Waals surface area contributed by atoms with Gasteiger partial charge in [-0.3, -0.25) is 0 Å². The quantitative estimate of drug-likeness (QED) is 0.539. The normalized spacial score (nSPS) is 23.6. The third-order valence-electron chi connectivity index (χ3n) is 1.71. The van der Waals surface area contributed by atoms with Crippen LogP contribution in [-0.4, -0.2) is 0 Å². The third-order valence-corrected chi connectivity index (χ3v) is 1.71. The summed E-state index contributed by atoms with van der Waals surface area (Å²) >= 11 is 0. The van der Waals surface area contributed by atoms with Gasteiger partial charge in [0, 0.05) is 0 Å². The van der Waals surface area contributed by atoms with Gasteiger partial charge in [-0.1, -0.05) is 30.7 Å². The lowest BCUT2D eigenvalue weighted by molar-refractivity contribution is 0.818. The van der Waals surface area contributed by atoms with Crippen LogP contribution in [0.15, 0.2) is 23.8 Å². The van der Waals surface area contributed by atoms with Crippen LogP contribution in [0.4, 0.5) is 0 Å². The largest absolute Gasteiger partial charge is 0.198 e. The summed E-state index contributed by atoms with van der Waals surface area (Å²) < 4.78 is 0. The minimum Gasteiger partial charge on any atom is -0.198 e. The molecule has 0 amide bonds. The van der Waals surface area contributed by atoms with E-state index in [1.165, 1.54) is 5.57 Å². The van der Waals surface area contributed by atoms with Gasteiger partial charge in [-0.05, 0) is 12.8 Å². The third kappa shape index (κ3) is 1.48. The molecule has 52 valence electrons. The molecular formula is C9H11N. The van der Waals surface area contributed by atoms with Gasteiger partial charge in [0.05, 0.1) is 12.0 Å². The molecule has 1 nitrogen and oxygen atoms in total.